The molecule has 0 aliphatic rings. The third kappa shape index (κ3) is 2.43. The van der Waals surface area contributed by atoms with Gasteiger partial charge in [-0.05, 0) is 43.2 Å². The van der Waals surface area contributed by atoms with E-state index in [0.29, 0.717) is 6.54 Å². The van der Waals surface area contributed by atoms with Crippen LogP contribution in [0.4, 0.5) is 0 Å². The lowest BCUT2D eigenvalue weighted by atomic mass is 10.1. The van der Waals surface area contributed by atoms with Crippen LogP contribution in [0.3, 0.4) is 0 Å². The molecule has 2 N–H and O–H groups in total. The molecule has 21 heavy (non-hydrogen) atoms. The molecule has 0 bridgehead atoms. The summed E-state index contributed by atoms with van der Waals surface area (Å²) in [6, 6.07) is 10.2. The number of aryl methyl sites for hydroxylation is 2. The summed E-state index contributed by atoms with van der Waals surface area (Å²) in [6.07, 6.45) is 3.52. The molecule has 3 rings (SSSR count). The second-order valence-corrected chi connectivity index (χ2v) is 5.03. The Bertz CT molecular complexity index is 762. The lowest BCUT2D eigenvalue weighted by Crippen LogP contribution is -2.04. The molecule has 0 saturated heterocycles. The fraction of sp³-hybridized carbons (Fsp3) is 0.188. The van der Waals surface area contributed by atoms with Gasteiger partial charge in [0, 0.05) is 24.5 Å². The summed E-state index contributed by atoms with van der Waals surface area (Å²) in [6.45, 7) is 4.48. The van der Waals surface area contributed by atoms with E-state index in [1.54, 1.807) is 12.4 Å². The monoisotopic (exact) mass is 279 g/mol. The fourth-order valence-corrected chi connectivity index (χ4v) is 2.37. The molecule has 0 spiro atoms. The predicted octanol–water partition coefficient (Wildman–Crippen LogP) is 2.40. The van der Waals surface area contributed by atoms with E-state index in [4.69, 9.17) is 5.73 Å². The average molecular weight is 279 g/mol. The maximum Gasteiger partial charge on any atom is 0.105 e. The summed E-state index contributed by atoms with van der Waals surface area (Å²) in [7, 11) is 0. The van der Waals surface area contributed by atoms with Gasteiger partial charge in [-0.25, -0.2) is 4.68 Å². The van der Waals surface area contributed by atoms with Gasteiger partial charge in [0.25, 0.3) is 0 Å². The van der Waals surface area contributed by atoms with Gasteiger partial charge in [0.15, 0.2) is 0 Å². The molecule has 0 radical (unpaired) electrons. The Kier molecular flexibility index (Phi) is 3.50. The van der Waals surface area contributed by atoms with Crippen molar-refractivity contribution in [1.82, 2.24) is 20.0 Å². The van der Waals surface area contributed by atoms with Crippen LogP contribution in [-0.4, -0.2) is 20.0 Å². The van der Waals surface area contributed by atoms with Crippen LogP contribution < -0.4 is 5.73 Å². The first-order valence-electron chi connectivity index (χ1n) is 6.83. The first kappa shape index (κ1) is 13.5. The van der Waals surface area contributed by atoms with Crippen LogP contribution in [-0.2, 0) is 6.54 Å². The molecule has 0 fully saturated rings. The van der Waals surface area contributed by atoms with Gasteiger partial charge in [-0.15, -0.1) is 5.10 Å². The van der Waals surface area contributed by atoms with Gasteiger partial charge in [-0.1, -0.05) is 17.3 Å². The lowest BCUT2D eigenvalue weighted by molar-refractivity contribution is 0.795. The zero-order valence-electron chi connectivity index (χ0n) is 12.1. The van der Waals surface area contributed by atoms with E-state index in [0.717, 1.165) is 28.2 Å². The van der Waals surface area contributed by atoms with E-state index in [1.807, 2.05) is 16.8 Å². The number of nitrogens with zero attached hydrogens (tertiary/aromatic N) is 4. The number of pyridine rings is 1. The van der Waals surface area contributed by atoms with Gasteiger partial charge in [0.05, 0.1) is 11.4 Å². The highest BCUT2D eigenvalue weighted by Crippen LogP contribution is 2.26. The van der Waals surface area contributed by atoms with Crippen LogP contribution in [0, 0.1) is 13.8 Å². The molecule has 0 atom stereocenters. The summed E-state index contributed by atoms with van der Waals surface area (Å²) in [5.41, 5.74) is 11.9. The average Bonchev–Trinajstić information content (AvgIpc) is 2.94. The molecule has 0 saturated carbocycles. The van der Waals surface area contributed by atoms with E-state index < -0.39 is 0 Å². The summed E-state index contributed by atoms with van der Waals surface area (Å²) in [4.78, 5) is 4.06. The minimum atomic E-state index is 0.350. The summed E-state index contributed by atoms with van der Waals surface area (Å²) >= 11 is 0. The molecule has 2 heterocycles. The van der Waals surface area contributed by atoms with Crippen LogP contribution in [0.5, 0.6) is 0 Å². The Morgan fingerprint density at radius 3 is 2.57 bits per heavy atom. The van der Waals surface area contributed by atoms with Crippen LogP contribution in [0.25, 0.3) is 16.9 Å². The van der Waals surface area contributed by atoms with Gasteiger partial charge in [0.2, 0.25) is 0 Å². The zero-order valence-corrected chi connectivity index (χ0v) is 12.1. The van der Waals surface area contributed by atoms with Crippen molar-refractivity contribution in [2.45, 2.75) is 20.4 Å². The summed E-state index contributed by atoms with van der Waals surface area (Å²) in [5, 5.41) is 8.53. The van der Waals surface area contributed by atoms with E-state index in [2.05, 4.69) is 47.3 Å². The summed E-state index contributed by atoms with van der Waals surface area (Å²) in [5.74, 6) is 0. The van der Waals surface area contributed by atoms with Crippen molar-refractivity contribution in [3.05, 3.63) is 59.5 Å². The van der Waals surface area contributed by atoms with Crippen molar-refractivity contribution in [2.24, 2.45) is 5.73 Å². The van der Waals surface area contributed by atoms with Crippen molar-refractivity contribution >= 4 is 0 Å². The predicted molar refractivity (Wildman–Crippen MR) is 82.0 cm³/mol. The Morgan fingerprint density at radius 2 is 1.86 bits per heavy atom. The SMILES string of the molecule is Cc1ccc(C)c(-n2nnc(CN)c2-c2ccncc2)c1. The molecule has 2 aromatic heterocycles. The molecule has 0 aliphatic heterocycles. The molecular weight excluding hydrogens is 262 g/mol. The maximum atomic E-state index is 5.82. The largest absolute Gasteiger partial charge is 0.325 e. The van der Waals surface area contributed by atoms with Crippen molar-refractivity contribution in [3.8, 4) is 16.9 Å². The summed E-state index contributed by atoms with van der Waals surface area (Å²) < 4.78 is 1.86. The normalized spacial score (nSPS) is 10.8. The number of benzene rings is 1. The molecule has 0 unspecified atom stereocenters. The molecule has 106 valence electrons. The van der Waals surface area contributed by atoms with E-state index >= 15 is 0 Å². The third-order valence-corrected chi connectivity index (χ3v) is 3.48. The van der Waals surface area contributed by atoms with Crippen LogP contribution in [0.2, 0.25) is 0 Å². The van der Waals surface area contributed by atoms with Gasteiger partial charge in [-0.2, -0.15) is 0 Å². The molecule has 5 nitrogen and oxygen atoms in total. The Hall–Kier alpha value is -2.53. The van der Waals surface area contributed by atoms with Gasteiger partial charge in [-0.3, -0.25) is 4.98 Å². The molecule has 0 aliphatic carbocycles. The Balaban J connectivity index is 2.25. The van der Waals surface area contributed by atoms with Crippen molar-refractivity contribution in [1.29, 1.82) is 0 Å². The molecule has 0 amide bonds. The van der Waals surface area contributed by atoms with Crippen molar-refractivity contribution < 1.29 is 0 Å². The number of aromatic nitrogens is 4. The number of nitrogens with two attached hydrogens (primary N) is 1. The quantitative estimate of drug-likeness (QED) is 0.799. The van der Waals surface area contributed by atoms with E-state index in [-0.39, 0.29) is 0 Å². The van der Waals surface area contributed by atoms with Gasteiger partial charge < -0.3 is 5.73 Å². The number of hydrogen-bond acceptors (Lipinski definition) is 4. The van der Waals surface area contributed by atoms with Crippen LogP contribution in [0.1, 0.15) is 16.8 Å². The van der Waals surface area contributed by atoms with Crippen molar-refractivity contribution in [2.75, 3.05) is 0 Å². The first-order valence-corrected chi connectivity index (χ1v) is 6.83. The van der Waals surface area contributed by atoms with Gasteiger partial charge in [0.1, 0.15) is 5.69 Å². The highest BCUT2D eigenvalue weighted by molar-refractivity contribution is 5.64. The second kappa shape index (κ2) is 5.46. The first-order chi connectivity index (χ1) is 10.2. The molecular formula is C16H17N5. The fourth-order valence-electron chi connectivity index (χ4n) is 2.37. The van der Waals surface area contributed by atoms with Crippen LogP contribution in [0.15, 0.2) is 42.7 Å². The maximum absolute atomic E-state index is 5.82. The minimum absolute atomic E-state index is 0.350. The second-order valence-electron chi connectivity index (χ2n) is 5.03. The lowest BCUT2D eigenvalue weighted by Gasteiger charge is -2.11. The van der Waals surface area contributed by atoms with E-state index in [1.165, 1.54) is 5.56 Å². The standard InChI is InChI=1S/C16H17N5/c1-11-3-4-12(2)15(9-11)21-16(14(10-17)19-20-21)13-5-7-18-8-6-13/h3-9H,10,17H2,1-2H3. The third-order valence-electron chi connectivity index (χ3n) is 3.48. The minimum Gasteiger partial charge on any atom is -0.325 e. The highest BCUT2D eigenvalue weighted by atomic mass is 15.4. The van der Waals surface area contributed by atoms with Gasteiger partial charge >= 0.3 is 0 Å². The number of rotatable bonds is 3. The van der Waals surface area contributed by atoms with Crippen molar-refractivity contribution in [3.63, 3.8) is 0 Å². The van der Waals surface area contributed by atoms with E-state index in [9.17, 15) is 0 Å². The molecule has 1 aromatic carbocycles. The smallest absolute Gasteiger partial charge is 0.105 e. The highest BCUT2D eigenvalue weighted by Gasteiger charge is 2.16. The number of hydrogen-bond donors (Lipinski definition) is 1. The zero-order chi connectivity index (χ0) is 14.8. The Labute approximate surface area is 123 Å². The molecule has 3 aromatic rings. The Morgan fingerprint density at radius 1 is 1.10 bits per heavy atom. The molecule has 5 heteroatoms. The van der Waals surface area contributed by atoms with Crippen LogP contribution >= 0.6 is 0 Å². The topological polar surface area (TPSA) is 69.6 Å².